The van der Waals surface area contributed by atoms with E-state index in [-0.39, 0.29) is 0 Å². The van der Waals surface area contributed by atoms with Gasteiger partial charge < -0.3 is 0 Å². The molecule has 0 saturated carbocycles. The molecule has 0 radical (unpaired) electrons. The third-order valence-electron chi connectivity index (χ3n) is 3.16. The topological polar surface area (TPSA) is 46.2 Å². The van der Waals surface area contributed by atoms with Gasteiger partial charge in [0, 0.05) is 11.6 Å². The molecule has 0 unspecified atom stereocenters. The Kier molecular flexibility index (Phi) is 5.26. The molecule has 0 saturated heterocycles. The summed E-state index contributed by atoms with van der Waals surface area (Å²) < 4.78 is 27.5. The Morgan fingerprint density at radius 2 is 1.86 bits per heavy atom. The average molecular weight is 324 g/mol. The van der Waals surface area contributed by atoms with Gasteiger partial charge in [-0.15, -0.1) is 11.6 Å². The van der Waals surface area contributed by atoms with Gasteiger partial charge in [0.05, 0.1) is 4.90 Å². The summed E-state index contributed by atoms with van der Waals surface area (Å²) in [4.78, 5) is 0.302. The van der Waals surface area contributed by atoms with Gasteiger partial charge in [-0.25, -0.2) is 8.42 Å². The molecular formula is C16H18ClNO2S. The maximum absolute atomic E-state index is 12.4. The van der Waals surface area contributed by atoms with E-state index in [1.807, 2.05) is 24.3 Å². The summed E-state index contributed by atoms with van der Waals surface area (Å²) in [6, 6.07) is 14.3. The van der Waals surface area contributed by atoms with E-state index in [0.29, 0.717) is 16.5 Å². The van der Waals surface area contributed by atoms with Crippen LogP contribution < -0.4 is 4.72 Å². The van der Waals surface area contributed by atoms with Crippen LogP contribution in [0.25, 0.3) is 0 Å². The fourth-order valence-corrected chi connectivity index (χ4v) is 3.56. The molecule has 3 nitrogen and oxygen atoms in total. The molecule has 1 N–H and O–H groups in total. The normalized spacial score (nSPS) is 11.3. The molecular weight excluding hydrogens is 306 g/mol. The first-order chi connectivity index (χ1) is 10.0. The van der Waals surface area contributed by atoms with Crippen molar-refractivity contribution in [1.82, 2.24) is 0 Å². The second-order valence-corrected chi connectivity index (χ2v) is 6.89. The molecule has 0 spiro atoms. The molecule has 0 aromatic heterocycles. The summed E-state index contributed by atoms with van der Waals surface area (Å²) in [5.41, 5.74) is 2.37. The van der Waals surface area contributed by atoms with E-state index >= 15 is 0 Å². The second-order valence-electron chi connectivity index (χ2n) is 4.86. The van der Waals surface area contributed by atoms with Crippen LogP contribution in [0.15, 0.2) is 53.4 Å². The third kappa shape index (κ3) is 4.22. The van der Waals surface area contributed by atoms with Crippen LogP contribution in [0, 0.1) is 6.92 Å². The summed E-state index contributed by atoms with van der Waals surface area (Å²) in [7, 11) is -3.56. The average Bonchev–Trinajstić information content (AvgIpc) is 2.45. The number of halogens is 1. The Labute approximate surface area is 131 Å². The quantitative estimate of drug-likeness (QED) is 0.818. The van der Waals surface area contributed by atoms with Crippen LogP contribution in [0.5, 0.6) is 0 Å². The lowest BCUT2D eigenvalue weighted by Crippen LogP contribution is -2.14. The van der Waals surface area contributed by atoms with Gasteiger partial charge in [-0.3, -0.25) is 4.72 Å². The van der Waals surface area contributed by atoms with Crippen molar-refractivity contribution in [1.29, 1.82) is 0 Å². The number of alkyl halides is 1. The van der Waals surface area contributed by atoms with Gasteiger partial charge in [0.25, 0.3) is 10.0 Å². The zero-order valence-corrected chi connectivity index (χ0v) is 13.4. The highest BCUT2D eigenvalue weighted by molar-refractivity contribution is 7.92. The molecule has 0 aliphatic rings. The number of hydrogen-bond acceptors (Lipinski definition) is 2. The van der Waals surface area contributed by atoms with Crippen molar-refractivity contribution < 1.29 is 8.42 Å². The minimum Gasteiger partial charge on any atom is -0.280 e. The predicted molar refractivity (Wildman–Crippen MR) is 87.5 cm³/mol. The highest BCUT2D eigenvalue weighted by atomic mass is 35.5. The van der Waals surface area contributed by atoms with Crippen LogP contribution in [0.4, 0.5) is 5.69 Å². The Hall–Kier alpha value is -1.52. The molecule has 5 heteroatoms. The largest absolute Gasteiger partial charge is 0.280 e. The molecule has 0 atom stereocenters. The molecule has 0 aliphatic carbocycles. The van der Waals surface area contributed by atoms with Gasteiger partial charge in [0.2, 0.25) is 0 Å². The van der Waals surface area contributed by atoms with E-state index in [1.165, 1.54) is 0 Å². The van der Waals surface area contributed by atoms with Crippen molar-refractivity contribution in [2.24, 2.45) is 0 Å². The molecule has 0 amide bonds. The summed E-state index contributed by atoms with van der Waals surface area (Å²) in [5, 5.41) is 0. The zero-order valence-electron chi connectivity index (χ0n) is 11.8. The highest BCUT2D eigenvalue weighted by Crippen LogP contribution is 2.20. The first-order valence-corrected chi connectivity index (χ1v) is 8.78. The Morgan fingerprint density at radius 1 is 1.10 bits per heavy atom. The van der Waals surface area contributed by atoms with Crippen molar-refractivity contribution in [2.45, 2.75) is 24.7 Å². The maximum atomic E-state index is 12.4. The Morgan fingerprint density at radius 3 is 2.57 bits per heavy atom. The van der Waals surface area contributed by atoms with Gasteiger partial charge in [-0.05, 0) is 49.1 Å². The van der Waals surface area contributed by atoms with Crippen molar-refractivity contribution in [3.05, 3.63) is 59.7 Å². The van der Waals surface area contributed by atoms with Crippen molar-refractivity contribution in [2.75, 3.05) is 10.6 Å². The molecule has 0 aliphatic heterocycles. The molecule has 2 aromatic rings. The Bertz CT molecular complexity index is 714. The van der Waals surface area contributed by atoms with E-state index in [1.54, 1.807) is 31.2 Å². The molecule has 0 fully saturated rings. The molecule has 2 aromatic carbocycles. The van der Waals surface area contributed by atoms with E-state index in [0.717, 1.165) is 24.0 Å². The lowest BCUT2D eigenvalue weighted by molar-refractivity contribution is 0.600. The van der Waals surface area contributed by atoms with E-state index in [4.69, 9.17) is 11.6 Å². The lowest BCUT2D eigenvalue weighted by atomic mass is 10.1. The minimum atomic E-state index is -3.56. The van der Waals surface area contributed by atoms with Crippen molar-refractivity contribution in [3.8, 4) is 0 Å². The zero-order chi connectivity index (χ0) is 15.3. The number of benzene rings is 2. The fraction of sp³-hybridized carbons (Fsp3) is 0.250. The predicted octanol–water partition coefficient (Wildman–Crippen LogP) is 3.97. The van der Waals surface area contributed by atoms with Crippen LogP contribution in [0.3, 0.4) is 0 Å². The van der Waals surface area contributed by atoms with Crippen LogP contribution in [0.1, 0.15) is 17.5 Å². The monoisotopic (exact) mass is 323 g/mol. The van der Waals surface area contributed by atoms with Crippen molar-refractivity contribution >= 4 is 27.3 Å². The van der Waals surface area contributed by atoms with Gasteiger partial charge in [0.15, 0.2) is 0 Å². The summed E-state index contributed by atoms with van der Waals surface area (Å²) >= 11 is 5.68. The van der Waals surface area contributed by atoms with Crippen LogP contribution >= 0.6 is 11.6 Å². The second kappa shape index (κ2) is 6.96. The fourth-order valence-electron chi connectivity index (χ4n) is 2.13. The summed E-state index contributed by atoms with van der Waals surface area (Å²) in [5.74, 6) is 0.596. The van der Waals surface area contributed by atoms with E-state index in [9.17, 15) is 8.42 Å². The highest BCUT2D eigenvalue weighted by Gasteiger charge is 2.16. The van der Waals surface area contributed by atoms with Crippen molar-refractivity contribution in [3.63, 3.8) is 0 Å². The number of nitrogens with one attached hydrogen (secondary N) is 1. The molecule has 21 heavy (non-hydrogen) atoms. The van der Waals surface area contributed by atoms with E-state index < -0.39 is 10.0 Å². The number of anilines is 1. The maximum Gasteiger partial charge on any atom is 0.262 e. The molecule has 0 bridgehead atoms. The lowest BCUT2D eigenvalue weighted by Gasteiger charge is -2.11. The van der Waals surface area contributed by atoms with Crippen LogP contribution in [-0.4, -0.2) is 14.3 Å². The summed E-state index contributed by atoms with van der Waals surface area (Å²) in [6.45, 7) is 1.78. The van der Waals surface area contributed by atoms with Crippen LogP contribution in [0.2, 0.25) is 0 Å². The Balaban J connectivity index is 2.23. The molecule has 2 rings (SSSR count). The van der Waals surface area contributed by atoms with Gasteiger partial charge in [-0.2, -0.15) is 0 Å². The van der Waals surface area contributed by atoms with Crippen LogP contribution in [-0.2, 0) is 16.4 Å². The van der Waals surface area contributed by atoms with E-state index in [2.05, 4.69) is 4.72 Å². The van der Waals surface area contributed by atoms with Gasteiger partial charge in [-0.1, -0.05) is 30.3 Å². The van der Waals surface area contributed by atoms with Gasteiger partial charge in [0.1, 0.15) is 0 Å². The number of sulfonamides is 1. The number of rotatable bonds is 6. The first kappa shape index (κ1) is 15.9. The summed E-state index contributed by atoms with van der Waals surface area (Å²) in [6.07, 6.45) is 1.71. The third-order valence-corrected chi connectivity index (χ3v) is 4.97. The smallest absolute Gasteiger partial charge is 0.262 e. The minimum absolute atomic E-state index is 0.302. The number of aryl methyl sites for hydroxylation is 2. The molecule has 112 valence electrons. The number of hydrogen-bond donors (Lipinski definition) is 1. The first-order valence-electron chi connectivity index (χ1n) is 6.76. The van der Waals surface area contributed by atoms with Gasteiger partial charge >= 0.3 is 0 Å². The standard InChI is InChI=1S/C16H18ClNO2S/c1-13-6-2-3-10-16(13)21(19,20)18-15-9-4-7-14(12-15)8-5-11-17/h2-4,6-7,9-10,12,18H,5,8,11H2,1H3. The molecule has 0 heterocycles. The SMILES string of the molecule is Cc1ccccc1S(=O)(=O)Nc1cccc(CCCCl)c1.